The smallest absolute Gasteiger partial charge is 0.156 e. The van der Waals surface area contributed by atoms with E-state index in [1.807, 2.05) is 13.8 Å². The first-order valence-electron chi connectivity index (χ1n) is 4.78. The number of hydrogen-bond acceptors (Lipinski definition) is 2. The molecule has 0 aromatic rings. The minimum Gasteiger partial charge on any atom is -0.389 e. The van der Waals surface area contributed by atoms with Gasteiger partial charge in [0.25, 0.3) is 0 Å². The fourth-order valence-electron chi connectivity index (χ4n) is 2.03. The van der Waals surface area contributed by atoms with E-state index >= 15 is 0 Å². The van der Waals surface area contributed by atoms with Gasteiger partial charge in [-0.2, -0.15) is 0 Å². The minimum atomic E-state index is -1.22. The molecule has 0 saturated heterocycles. The second kappa shape index (κ2) is 3.32. The molecular formula is C11H18O2. The Bertz CT molecular complexity index is 247. The van der Waals surface area contributed by atoms with Crippen LogP contribution >= 0.6 is 0 Å². The first-order chi connectivity index (χ1) is 5.94. The molecule has 2 heteroatoms. The molecule has 0 bridgehead atoms. The van der Waals surface area contributed by atoms with E-state index in [9.17, 15) is 10.2 Å². The maximum absolute atomic E-state index is 10.2. The largest absolute Gasteiger partial charge is 0.389 e. The molecule has 0 amide bonds. The zero-order valence-corrected chi connectivity index (χ0v) is 8.59. The normalized spacial score (nSPS) is 37.8. The van der Waals surface area contributed by atoms with Gasteiger partial charge >= 0.3 is 0 Å². The number of aliphatic hydroxyl groups excluding tert-OH is 1. The summed E-state index contributed by atoms with van der Waals surface area (Å²) in [5.41, 5.74) is -1.53. The predicted molar refractivity (Wildman–Crippen MR) is 52.0 cm³/mol. The van der Waals surface area contributed by atoms with Crippen molar-refractivity contribution in [3.05, 3.63) is 0 Å². The van der Waals surface area contributed by atoms with Crippen LogP contribution in [0.1, 0.15) is 40.0 Å². The van der Waals surface area contributed by atoms with E-state index in [1.54, 1.807) is 6.92 Å². The maximum Gasteiger partial charge on any atom is 0.156 e. The van der Waals surface area contributed by atoms with Crippen molar-refractivity contribution in [2.75, 3.05) is 0 Å². The highest BCUT2D eigenvalue weighted by atomic mass is 16.3. The van der Waals surface area contributed by atoms with Crippen LogP contribution in [0.4, 0.5) is 0 Å². The van der Waals surface area contributed by atoms with Crippen molar-refractivity contribution in [2.24, 2.45) is 5.41 Å². The molecule has 1 aliphatic carbocycles. The number of hydrogen-bond donors (Lipinski definition) is 2. The van der Waals surface area contributed by atoms with E-state index in [4.69, 9.17) is 0 Å². The summed E-state index contributed by atoms with van der Waals surface area (Å²) < 4.78 is 0. The van der Waals surface area contributed by atoms with Crippen LogP contribution in [-0.4, -0.2) is 21.9 Å². The van der Waals surface area contributed by atoms with E-state index in [0.29, 0.717) is 6.42 Å². The Morgan fingerprint density at radius 1 is 1.38 bits per heavy atom. The average molecular weight is 182 g/mol. The van der Waals surface area contributed by atoms with Crippen molar-refractivity contribution < 1.29 is 10.2 Å². The number of rotatable bonds is 0. The zero-order chi connectivity index (χ0) is 10.1. The molecule has 1 fully saturated rings. The first-order valence-corrected chi connectivity index (χ1v) is 4.78. The first kappa shape index (κ1) is 10.6. The summed E-state index contributed by atoms with van der Waals surface area (Å²) in [6.07, 6.45) is 1.81. The minimum absolute atomic E-state index is 0.312. The molecule has 2 N–H and O–H groups in total. The summed E-state index contributed by atoms with van der Waals surface area (Å²) in [6, 6.07) is 0. The van der Waals surface area contributed by atoms with Crippen molar-refractivity contribution in [3.63, 3.8) is 0 Å². The summed E-state index contributed by atoms with van der Waals surface area (Å²) in [5, 5.41) is 20.0. The second-order valence-electron chi connectivity index (χ2n) is 4.43. The molecule has 2 nitrogen and oxygen atoms in total. The molecule has 74 valence electrons. The second-order valence-corrected chi connectivity index (χ2v) is 4.43. The van der Waals surface area contributed by atoms with Crippen LogP contribution in [0.3, 0.4) is 0 Å². The summed E-state index contributed by atoms with van der Waals surface area (Å²) >= 11 is 0. The Labute approximate surface area is 80.0 Å². The third-order valence-corrected chi connectivity index (χ3v) is 3.11. The molecule has 0 radical (unpaired) electrons. The van der Waals surface area contributed by atoms with Crippen molar-refractivity contribution >= 4 is 0 Å². The van der Waals surface area contributed by atoms with Crippen molar-refractivity contribution in [1.82, 2.24) is 0 Å². The topological polar surface area (TPSA) is 40.5 Å². The van der Waals surface area contributed by atoms with Gasteiger partial charge in [-0.3, -0.25) is 0 Å². The third-order valence-electron chi connectivity index (χ3n) is 3.11. The molecule has 2 atom stereocenters. The molecule has 1 saturated carbocycles. The van der Waals surface area contributed by atoms with Crippen LogP contribution in [0.15, 0.2) is 0 Å². The van der Waals surface area contributed by atoms with Gasteiger partial charge in [0, 0.05) is 5.41 Å². The maximum atomic E-state index is 10.2. The fraction of sp³-hybridized carbons (Fsp3) is 0.818. The van der Waals surface area contributed by atoms with E-state index in [2.05, 4.69) is 11.8 Å². The lowest BCUT2D eigenvalue weighted by molar-refractivity contribution is -0.131. The van der Waals surface area contributed by atoms with Gasteiger partial charge in [0.05, 0.1) is 6.10 Å². The van der Waals surface area contributed by atoms with Crippen LogP contribution in [-0.2, 0) is 0 Å². The molecular weight excluding hydrogens is 164 g/mol. The number of aliphatic hydroxyl groups is 2. The monoisotopic (exact) mass is 182 g/mol. The molecule has 0 aromatic heterocycles. The van der Waals surface area contributed by atoms with Crippen LogP contribution in [0, 0.1) is 17.3 Å². The van der Waals surface area contributed by atoms with Crippen molar-refractivity contribution in [3.8, 4) is 11.8 Å². The van der Waals surface area contributed by atoms with Gasteiger partial charge in [-0.1, -0.05) is 26.2 Å². The molecule has 1 aliphatic rings. The van der Waals surface area contributed by atoms with E-state index < -0.39 is 11.7 Å². The lowest BCUT2D eigenvalue weighted by Crippen LogP contribution is -2.55. The Morgan fingerprint density at radius 2 is 2.00 bits per heavy atom. The van der Waals surface area contributed by atoms with Gasteiger partial charge in [0.15, 0.2) is 5.60 Å². The van der Waals surface area contributed by atoms with Gasteiger partial charge in [-0.25, -0.2) is 0 Å². The molecule has 0 spiro atoms. The average Bonchev–Trinajstić information content (AvgIpc) is 2.01. The summed E-state index contributed by atoms with van der Waals surface area (Å²) in [4.78, 5) is 0. The molecule has 0 unspecified atom stereocenters. The van der Waals surface area contributed by atoms with Gasteiger partial charge in [-0.05, 0) is 19.8 Å². The van der Waals surface area contributed by atoms with Gasteiger partial charge < -0.3 is 10.2 Å². The molecule has 13 heavy (non-hydrogen) atoms. The Morgan fingerprint density at radius 3 is 2.46 bits per heavy atom. The lowest BCUT2D eigenvalue weighted by atomic mass is 9.64. The Kier molecular flexibility index (Phi) is 2.70. The van der Waals surface area contributed by atoms with E-state index in [-0.39, 0.29) is 5.41 Å². The third kappa shape index (κ3) is 1.59. The molecule has 1 rings (SSSR count). The zero-order valence-electron chi connectivity index (χ0n) is 8.59. The highest BCUT2D eigenvalue weighted by molar-refractivity contribution is 5.22. The quantitative estimate of drug-likeness (QED) is 0.555. The van der Waals surface area contributed by atoms with Crippen molar-refractivity contribution in [2.45, 2.75) is 51.7 Å². The summed E-state index contributed by atoms with van der Waals surface area (Å²) in [6.45, 7) is 5.61. The van der Waals surface area contributed by atoms with Gasteiger partial charge in [-0.15, -0.1) is 5.92 Å². The van der Waals surface area contributed by atoms with Gasteiger partial charge in [0.2, 0.25) is 0 Å². The molecule has 0 aliphatic heterocycles. The highest BCUT2D eigenvalue weighted by Crippen LogP contribution is 2.43. The summed E-state index contributed by atoms with van der Waals surface area (Å²) in [5.74, 6) is 5.46. The lowest BCUT2D eigenvalue weighted by Gasteiger charge is -2.46. The van der Waals surface area contributed by atoms with E-state index in [1.165, 1.54) is 0 Å². The standard InChI is InChI=1S/C11H18O2/c1-4-7-11(13)9(12)6-5-8-10(11,2)3/h9,12-13H,5-6,8H2,1-3H3/t9-,11+/m0/s1. The molecule has 0 aromatic carbocycles. The fourth-order valence-corrected chi connectivity index (χ4v) is 2.03. The van der Waals surface area contributed by atoms with Crippen LogP contribution in [0.25, 0.3) is 0 Å². The van der Waals surface area contributed by atoms with Crippen molar-refractivity contribution in [1.29, 1.82) is 0 Å². The SMILES string of the molecule is CC#C[C@@]1(O)[C@@H](O)CCCC1(C)C. The van der Waals surface area contributed by atoms with Crippen LogP contribution < -0.4 is 0 Å². The predicted octanol–water partition coefficient (Wildman–Crippen LogP) is 1.31. The van der Waals surface area contributed by atoms with E-state index in [0.717, 1.165) is 12.8 Å². The van der Waals surface area contributed by atoms with Gasteiger partial charge in [0.1, 0.15) is 0 Å². The summed E-state index contributed by atoms with van der Waals surface area (Å²) in [7, 11) is 0. The highest BCUT2D eigenvalue weighted by Gasteiger charge is 2.50. The van der Waals surface area contributed by atoms with Crippen LogP contribution in [0.2, 0.25) is 0 Å². The van der Waals surface area contributed by atoms with Crippen LogP contribution in [0.5, 0.6) is 0 Å². The molecule has 0 heterocycles. The Balaban J connectivity index is 3.03. The Hall–Kier alpha value is -0.520.